The van der Waals surface area contributed by atoms with Crippen LogP contribution in [0.25, 0.3) is 0 Å². The van der Waals surface area contributed by atoms with Gasteiger partial charge in [-0.1, -0.05) is 12.1 Å². The number of hydrogen-bond acceptors (Lipinski definition) is 3. The van der Waals surface area contributed by atoms with E-state index < -0.39 is 0 Å². The molecule has 106 valence electrons. The van der Waals surface area contributed by atoms with Crippen LogP contribution < -0.4 is 10.2 Å². The first-order valence-corrected chi connectivity index (χ1v) is 6.81. The predicted molar refractivity (Wildman–Crippen MR) is 78.2 cm³/mol. The number of rotatable bonds is 3. The Balaban J connectivity index is 2.37. The average molecular weight is 265 g/mol. The molecule has 1 heterocycles. The molecule has 1 aromatic carbocycles. The minimum Gasteiger partial charge on any atom is -0.357 e. The first kappa shape index (κ1) is 14.3. The Morgan fingerprint density at radius 1 is 1.37 bits per heavy atom. The molecule has 0 bridgehead atoms. The van der Waals surface area contributed by atoms with Crippen LogP contribution >= 0.6 is 0 Å². The number of likely N-dealkylation sites (N-methyl/N-ethyl adjacent to an activating group) is 1. The number of nitrogens with one attached hydrogen (secondary N) is 1. The third-order valence-electron chi connectivity index (χ3n) is 3.64. The molecule has 1 aliphatic rings. The molecule has 19 heavy (non-hydrogen) atoms. The molecule has 0 radical (unpaired) electrons. The Kier molecular flexibility index (Phi) is 4.11. The van der Waals surface area contributed by atoms with Crippen LogP contribution in [-0.2, 0) is 0 Å². The van der Waals surface area contributed by atoms with Crippen molar-refractivity contribution in [2.24, 2.45) is 0 Å². The Morgan fingerprint density at radius 2 is 2.05 bits per heavy atom. The molecule has 0 amide bonds. The summed E-state index contributed by atoms with van der Waals surface area (Å²) in [5.74, 6) is -0.138. The molecule has 1 atom stereocenters. The van der Waals surface area contributed by atoms with E-state index in [9.17, 15) is 4.39 Å². The first-order chi connectivity index (χ1) is 8.92. The van der Waals surface area contributed by atoms with E-state index in [-0.39, 0.29) is 17.4 Å². The summed E-state index contributed by atoms with van der Waals surface area (Å²) in [7, 11) is 4.11. The molecule has 1 aromatic rings. The molecular weight excluding hydrogens is 241 g/mol. The molecule has 3 nitrogen and oxygen atoms in total. The lowest BCUT2D eigenvalue weighted by Gasteiger charge is -2.50. The summed E-state index contributed by atoms with van der Waals surface area (Å²) < 4.78 is 14.2. The zero-order valence-corrected chi connectivity index (χ0v) is 12.3. The fourth-order valence-corrected chi connectivity index (χ4v) is 2.95. The van der Waals surface area contributed by atoms with Crippen molar-refractivity contribution < 1.29 is 4.39 Å². The Bertz CT molecular complexity index is 431. The molecular formula is C15H24FN3. The zero-order valence-electron chi connectivity index (χ0n) is 12.3. The highest BCUT2D eigenvalue weighted by atomic mass is 19.1. The molecule has 1 unspecified atom stereocenters. The smallest absolute Gasteiger partial charge is 0.146 e. The molecule has 1 saturated heterocycles. The van der Waals surface area contributed by atoms with Crippen LogP contribution in [0.2, 0.25) is 0 Å². The maximum Gasteiger partial charge on any atom is 0.146 e. The Morgan fingerprint density at radius 3 is 2.68 bits per heavy atom. The van der Waals surface area contributed by atoms with Crippen LogP contribution in [0, 0.1) is 5.82 Å². The van der Waals surface area contributed by atoms with Crippen molar-refractivity contribution >= 4 is 5.69 Å². The molecule has 0 saturated carbocycles. The van der Waals surface area contributed by atoms with Crippen molar-refractivity contribution in [3.63, 3.8) is 0 Å². The van der Waals surface area contributed by atoms with Gasteiger partial charge in [-0.2, -0.15) is 0 Å². The summed E-state index contributed by atoms with van der Waals surface area (Å²) in [5.41, 5.74) is 0.613. The molecule has 1 fully saturated rings. The first-order valence-electron chi connectivity index (χ1n) is 6.81. The van der Waals surface area contributed by atoms with Gasteiger partial charge >= 0.3 is 0 Å². The summed E-state index contributed by atoms with van der Waals surface area (Å²) >= 11 is 0. The van der Waals surface area contributed by atoms with Crippen LogP contribution in [0.4, 0.5) is 10.1 Å². The maximum absolute atomic E-state index is 14.2. The summed E-state index contributed by atoms with van der Waals surface area (Å²) in [4.78, 5) is 4.39. The lowest BCUT2D eigenvalue weighted by atomic mass is 9.94. The van der Waals surface area contributed by atoms with E-state index in [1.165, 1.54) is 0 Å². The minimum absolute atomic E-state index is 0.0961. The van der Waals surface area contributed by atoms with Gasteiger partial charge in [0.15, 0.2) is 0 Å². The third-order valence-corrected chi connectivity index (χ3v) is 3.64. The van der Waals surface area contributed by atoms with Crippen molar-refractivity contribution in [1.82, 2.24) is 10.2 Å². The van der Waals surface area contributed by atoms with Crippen molar-refractivity contribution in [2.45, 2.75) is 25.4 Å². The van der Waals surface area contributed by atoms with Gasteiger partial charge in [-0.25, -0.2) is 4.39 Å². The second kappa shape index (κ2) is 5.47. The van der Waals surface area contributed by atoms with Gasteiger partial charge in [0.2, 0.25) is 0 Å². The SMILES string of the molecule is CN(C)CC1CNCC(C)(C)N1c1ccccc1F. The number of nitrogens with zero attached hydrogens (tertiary/aromatic N) is 2. The second-order valence-corrected chi connectivity index (χ2v) is 6.18. The fourth-order valence-electron chi connectivity index (χ4n) is 2.95. The molecule has 0 spiro atoms. The van der Waals surface area contributed by atoms with E-state index in [4.69, 9.17) is 0 Å². The van der Waals surface area contributed by atoms with Gasteiger partial charge in [0.1, 0.15) is 5.82 Å². The summed E-state index contributed by atoms with van der Waals surface area (Å²) in [6.07, 6.45) is 0. The molecule has 1 aliphatic heterocycles. The number of halogens is 1. The van der Waals surface area contributed by atoms with E-state index in [2.05, 4.69) is 43.1 Å². The molecule has 0 aromatic heterocycles. The Labute approximate surface area is 115 Å². The van der Waals surface area contributed by atoms with E-state index >= 15 is 0 Å². The second-order valence-electron chi connectivity index (χ2n) is 6.18. The number of anilines is 1. The largest absolute Gasteiger partial charge is 0.357 e. The highest BCUT2D eigenvalue weighted by Crippen LogP contribution is 2.30. The summed E-state index contributed by atoms with van der Waals surface area (Å²) in [5, 5.41) is 3.46. The monoisotopic (exact) mass is 265 g/mol. The van der Waals surface area contributed by atoms with Crippen LogP contribution in [0.15, 0.2) is 24.3 Å². The average Bonchev–Trinajstić information content (AvgIpc) is 2.29. The van der Waals surface area contributed by atoms with Gasteiger partial charge in [-0.3, -0.25) is 0 Å². The molecule has 4 heteroatoms. The van der Waals surface area contributed by atoms with Crippen LogP contribution in [0.5, 0.6) is 0 Å². The fraction of sp³-hybridized carbons (Fsp3) is 0.600. The summed E-state index contributed by atoms with van der Waals surface area (Å²) in [6.45, 7) is 6.98. The van der Waals surface area contributed by atoms with Gasteiger partial charge in [0.25, 0.3) is 0 Å². The van der Waals surface area contributed by atoms with E-state index in [0.717, 1.165) is 19.6 Å². The topological polar surface area (TPSA) is 18.5 Å². The van der Waals surface area contributed by atoms with Crippen LogP contribution in [0.1, 0.15) is 13.8 Å². The number of piperazine rings is 1. The van der Waals surface area contributed by atoms with Crippen molar-refractivity contribution in [3.8, 4) is 0 Å². The number of para-hydroxylation sites is 1. The molecule has 1 N–H and O–H groups in total. The third kappa shape index (κ3) is 3.07. The standard InChI is InChI=1S/C15H24FN3/c1-15(2)11-17-9-12(10-18(3)4)19(15)14-8-6-5-7-13(14)16/h5-8,12,17H,9-11H2,1-4H3. The van der Waals surface area contributed by atoms with Gasteiger partial charge < -0.3 is 15.1 Å². The summed E-state index contributed by atoms with van der Waals surface area (Å²) in [6, 6.07) is 7.35. The van der Waals surface area contributed by atoms with E-state index in [1.807, 2.05) is 12.1 Å². The Hall–Kier alpha value is -1.13. The van der Waals surface area contributed by atoms with Crippen molar-refractivity contribution in [2.75, 3.05) is 38.6 Å². The van der Waals surface area contributed by atoms with E-state index in [1.54, 1.807) is 12.1 Å². The van der Waals surface area contributed by atoms with Crippen LogP contribution in [0.3, 0.4) is 0 Å². The van der Waals surface area contributed by atoms with Gasteiger partial charge in [-0.15, -0.1) is 0 Å². The van der Waals surface area contributed by atoms with Crippen molar-refractivity contribution in [1.29, 1.82) is 0 Å². The molecule has 0 aliphatic carbocycles. The number of benzene rings is 1. The zero-order chi connectivity index (χ0) is 14.0. The van der Waals surface area contributed by atoms with Gasteiger partial charge in [0, 0.05) is 25.2 Å². The lowest BCUT2D eigenvalue weighted by molar-refractivity contribution is 0.269. The maximum atomic E-state index is 14.2. The van der Waals surface area contributed by atoms with Crippen LogP contribution in [-0.4, -0.2) is 50.2 Å². The lowest BCUT2D eigenvalue weighted by Crippen LogP contribution is -2.65. The number of hydrogen-bond donors (Lipinski definition) is 1. The normalized spacial score (nSPS) is 22.8. The highest BCUT2D eigenvalue weighted by Gasteiger charge is 2.37. The quantitative estimate of drug-likeness (QED) is 0.901. The van der Waals surface area contributed by atoms with Crippen molar-refractivity contribution in [3.05, 3.63) is 30.1 Å². The van der Waals surface area contributed by atoms with E-state index in [0.29, 0.717) is 5.69 Å². The van der Waals surface area contributed by atoms with Gasteiger partial charge in [0.05, 0.1) is 11.7 Å². The predicted octanol–water partition coefficient (Wildman–Crippen LogP) is 1.94. The molecule has 2 rings (SSSR count). The highest BCUT2D eigenvalue weighted by molar-refractivity contribution is 5.52. The van der Waals surface area contributed by atoms with Gasteiger partial charge in [-0.05, 0) is 40.1 Å². The minimum atomic E-state index is -0.138.